The van der Waals surface area contributed by atoms with Crippen LogP contribution in [0.5, 0.6) is 5.75 Å². The van der Waals surface area contributed by atoms with Gasteiger partial charge in [0.15, 0.2) is 0 Å². The Morgan fingerprint density at radius 1 is 1.10 bits per heavy atom. The molecule has 6 nitrogen and oxygen atoms in total. The second-order valence-corrected chi connectivity index (χ2v) is 8.76. The summed E-state index contributed by atoms with van der Waals surface area (Å²) in [7, 11) is -2.33. The Balaban J connectivity index is 2.16. The van der Waals surface area contributed by atoms with E-state index >= 15 is 0 Å². The SMILES string of the molecule is CCN(CC)S(=O)(=O)c1cc(C(=O)NC(C)CCc2ccccc2)ccc1OC. The Kier molecular flexibility index (Phi) is 8.22. The smallest absolute Gasteiger partial charge is 0.251 e. The van der Waals surface area contributed by atoms with Crippen LogP contribution in [0.2, 0.25) is 0 Å². The van der Waals surface area contributed by atoms with Gasteiger partial charge in [-0.2, -0.15) is 4.31 Å². The van der Waals surface area contributed by atoms with Crippen LogP contribution in [0.15, 0.2) is 53.4 Å². The van der Waals surface area contributed by atoms with E-state index in [-0.39, 0.29) is 22.6 Å². The van der Waals surface area contributed by atoms with Crippen molar-refractivity contribution < 1.29 is 17.9 Å². The summed E-state index contributed by atoms with van der Waals surface area (Å²) in [6.45, 7) is 6.18. The van der Waals surface area contributed by atoms with Crippen molar-refractivity contribution >= 4 is 15.9 Å². The van der Waals surface area contributed by atoms with Gasteiger partial charge in [-0.1, -0.05) is 44.2 Å². The fraction of sp³-hybridized carbons (Fsp3) is 0.409. The molecule has 0 saturated carbocycles. The second kappa shape index (κ2) is 10.4. The van der Waals surface area contributed by atoms with Crippen molar-refractivity contribution in [3.63, 3.8) is 0 Å². The summed E-state index contributed by atoms with van der Waals surface area (Å²) in [6.07, 6.45) is 1.64. The first-order valence-electron chi connectivity index (χ1n) is 9.86. The molecule has 1 N–H and O–H groups in total. The highest BCUT2D eigenvalue weighted by Crippen LogP contribution is 2.28. The van der Waals surface area contributed by atoms with Gasteiger partial charge < -0.3 is 10.1 Å². The van der Waals surface area contributed by atoms with Crippen molar-refractivity contribution in [1.82, 2.24) is 9.62 Å². The van der Waals surface area contributed by atoms with Crippen LogP contribution >= 0.6 is 0 Å². The Morgan fingerprint density at radius 3 is 2.34 bits per heavy atom. The van der Waals surface area contributed by atoms with E-state index in [0.717, 1.165) is 12.8 Å². The fourth-order valence-corrected chi connectivity index (χ4v) is 4.77. The van der Waals surface area contributed by atoms with Gasteiger partial charge in [-0.05, 0) is 43.5 Å². The number of benzene rings is 2. The van der Waals surface area contributed by atoms with Gasteiger partial charge in [0.25, 0.3) is 5.91 Å². The molecule has 0 spiro atoms. The number of nitrogens with one attached hydrogen (secondary N) is 1. The van der Waals surface area contributed by atoms with E-state index in [2.05, 4.69) is 17.4 Å². The molecule has 2 rings (SSSR count). The molecule has 0 fully saturated rings. The molecule has 29 heavy (non-hydrogen) atoms. The van der Waals surface area contributed by atoms with E-state index in [0.29, 0.717) is 18.7 Å². The first kappa shape index (κ1) is 22.9. The molecule has 0 aliphatic rings. The number of carbonyl (C=O) groups is 1. The number of methoxy groups -OCH3 is 1. The molecule has 0 heterocycles. The molecule has 0 aromatic heterocycles. The number of sulfonamides is 1. The maximum atomic E-state index is 12.9. The Morgan fingerprint density at radius 2 is 1.76 bits per heavy atom. The van der Waals surface area contributed by atoms with Crippen molar-refractivity contribution in [3.8, 4) is 5.75 Å². The van der Waals surface area contributed by atoms with Gasteiger partial charge in [-0.25, -0.2) is 8.42 Å². The van der Waals surface area contributed by atoms with E-state index in [1.54, 1.807) is 19.9 Å². The van der Waals surface area contributed by atoms with Crippen molar-refractivity contribution in [3.05, 3.63) is 59.7 Å². The lowest BCUT2D eigenvalue weighted by molar-refractivity contribution is 0.0938. The topological polar surface area (TPSA) is 75.7 Å². The van der Waals surface area contributed by atoms with Gasteiger partial charge >= 0.3 is 0 Å². The highest BCUT2D eigenvalue weighted by atomic mass is 32.2. The molecule has 1 atom stereocenters. The molecule has 0 radical (unpaired) electrons. The Labute approximate surface area is 173 Å². The van der Waals surface area contributed by atoms with Crippen LogP contribution in [-0.2, 0) is 16.4 Å². The summed E-state index contributed by atoms with van der Waals surface area (Å²) in [4.78, 5) is 12.7. The van der Waals surface area contributed by atoms with Crippen molar-refractivity contribution in [1.29, 1.82) is 0 Å². The van der Waals surface area contributed by atoms with Gasteiger partial charge in [0.1, 0.15) is 10.6 Å². The number of hydrogen-bond donors (Lipinski definition) is 1. The standard InChI is InChI=1S/C22H30N2O4S/c1-5-24(6-2)29(26,27)21-16-19(14-15-20(21)28-4)22(25)23-17(3)12-13-18-10-8-7-9-11-18/h7-11,14-17H,5-6,12-13H2,1-4H3,(H,23,25). The highest BCUT2D eigenvalue weighted by molar-refractivity contribution is 7.89. The summed E-state index contributed by atoms with van der Waals surface area (Å²) in [6, 6.07) is 14.5. The normalized spacial score (nSPS) is 12.6. The highest BCUT2D eigenvalue weighted by Gasteiger charge is 2.27. The van der Waals surface area contributed by atoms with Crippen LogP contribution in [-0.4, -0.2) is 44.9 Å². The third-order valence-electron chi connectivity index (χ3n) is 4.84. The molecular weight excluding hydrogens is 388 g/mol. The maximum Gasteiger partial charge on any atom is 0.251 e. The molecule has 2 aromatic rings. The third kappa shape index (κ3) is 5.81. The zero-order chi connectivity index (χ0) is 21.4. The predicted octanol–water partition coefficient (Wildman–Crippen LogP) is 3.48. The molecule has 0 aliphatic heterocycles. The predicted molar refractivity (Wildman–Crippen MR) is 115 cm³/mol. The lowest BCUT2D eigenvalue weighted by Gasteiger charge is -2.21. The summed E-state index contributed by atoms with van der Waals surface area (Å²) in [5.41, 5.74) is 1.51. The van der Waals surface area contributed by atoms with E-state index < -0.39 is 10.0 Å². The quantitative estimate of drug-likeness (QED) is 0.641. The average molecular weight is 419 g/mol. The number of aryl methyl sites for hydroxylation is 1. The van der Waals surface area contributed by atoms with Crippen LogP contribution in [0.4, 0.5) is 0 Å². The van der Waals surface area contributed by atoms with Crippen LogP contribution in [0.3, 0.4) is 0 Å². The first-order valence-corrected chi connectivity index (χ1v) is 11.3. The summed E-state index contributed by atoms with van der Waals surface area (Å²) < 4.78 is 32.5. The molecule has 2 aromatic carbocycles. The lowest BCUT2D eigenvalue weighted by Crippen LogP contribution is -2.34. The Bertz CT molecular complexity index is 910. The monoisotopic (exact) mass is 418 g/mol. The van der Waals surface area contributed by atoms with E-state index in [1.165, 1.54) is 29.1 Å². The molecule has 0 aliphatic carbocycles. The number of rotatable bonds is 10. The van der Waals surface area contributed by atoms with Gasteiger partial charge in [0, 0.05) is 24.7 Å². The van der Waals surface area contributed by atoms with Crippen LogP contribution in [0, 0.1) is 0 Å². The van der Waals surface area contributed by atoms with Gasteiger partial charge in [-0.15, -0.1) is 0 Å². The zero-order valence-electron chi connectivity index (χ0n) is 17.5. The fourth-order valence-electron chi connectivity index (χ4n) is 3.13. The Hall–Kier alpha value is -2.38. The van der Waals surface area contributed by atoms with Gasteiger partial charge in [-0.3, -0.25) is 4.79 Å². The number of nitrogens with zero attached hydrogens (tertiary/aromatic N) is 1. The molecule has 0 bridgehead atoms. The van der Waals surface area contributed by atoms with Crippen LogP contribution < -0.4 is 10.1 Å². The third-order valence-corrected chi connectivity index (χ3v) is 6.91. The first-order chi connectivity index (χ1) is 13.8. The molecule has 1 amide bonds. The molecule has 0 saturated heterocycles. The molecule has 158 valence electrons. The average Bonchev–Trinajstić information content (AvgIpc) is 2.73. The van der Waals surface area contributed by atoms with Gasteiger partial charge in [0.05, 0.1) is 7.11 Å². The molecule has 7 heteroatoms. The summed E-state index contributed by atoms with van der Waals surface area (Å²) in [5.74, 6) is -0.0743. The van der Waals surface area contributed by atoms with E-state index in [9.17, 15) is 13.2 Å². The van der Waals surface area contributed by atoms with E-state index in [4.69, 9.17) is 4.74 Å². The number of amides is 1. The largest absolute Gasteiger partial charge is 0.495 e. The maximum absolute atomic E-state index is 12.9. The van der Waals surface area contributed by atoms with Crippen LogP contribution in [0.1, 0.15) is 43.1 Å². The lowest BCUT2D eigenvalue weighted by atomic mass is 10.1. The minimum absolute atomic E-state index is 0.00767. The molecule has 1 unspecified atom stereocenters. The minimum Gasteiger partial charge on any atom is -0.495 e. The number of ether oxygens (including phenoxy) is 1. The molecular formula is C22H30N2O4S. The number of hydrogen-bond acceptors (Lipinski definition) is 4. The van der Waals surface area contributed by atoms with Gasteiger partial charge in [0.2, 0.25) is 10.0 Å². The summed E-state index contributed by atoms with van der Waals surface area (Å²) >= 11 is 0. The van der Waals surface area contributed by atoms with Crippen LogP contribution in [0.25, 0.3) is 0 Å². The zero-order valence-corrected chi connectivity index (χ0v) is 18.3. The van der Waals surface area contributed by atoms with E-state index in [1.807, 2.05) is 25.1 Å². The number of carbonyl (C=O) groups excluding carboxylic acids is 1. The van der Waals surface area contributed by atoms with Crippen molar-refractivity contribution in [2.45, 2.75) is 44.6 Å². The second-order valence-electron chi connectivity index (χ2n) is 6.85. The van der Waals surface area contributed by atoms with Crippen molar-refractivity contribution in [2.24, 2.45) is 0 Å². The van der Waals surface area contributed by atoms with Crippen molar-refractivity contribution in [2.75, 3.05) is 20.2 Å². The summed E-state index contributed by atoms with van der Waals surface area (Å²) in [5, 5.41) is 2.95. The minimum atomic E-state index is -3.75.